The molecule has 1 aliphatic rings. The van der Waals surface area contributed by atoms with Crippen LogP contribution in [0.2, 0.25) is 5.02 Å². The van der Waals surface area contributed by atoms with Crippen molar-refractivity contribution in [2.24, 2.45) is 0 Å². The molecule has 0 aromatic heterocycles. The first kappa shape index (κ1) is 22.2. The number of ether oxygens (including phenoxy) is 4. The van der Waals surface area contributed by atoms with Crippen LogP contribution in [-0.4, -0.2) is 40.3 Å². The monoisotopic (exact) mass is 443 g/mol. The van der Waals surface area contributed by atoms with Gasteiger partial charge in [-0.1, -0.05) is 11.6 Å². The lowest BCUT2D eigenvalue weighted by molar-refractivity contribution is -0.136. The Kier molecular flexibility index (Phi) is 6.56. The Hall–Kier alpha value is -3.45. The summed E-state index contributed by atoms with van der Waals surface area (Å²) >= 11 is 6.25. The molecule has 8 heteroatoms. The first-order valence-corrected chi connectivity index (χ1v) is 9.65. The summed E-state index contributed by atoms with van der Waals surface area (Å²) in [7, 11) is 5.84. The van der Waals surface area contributed by atoms with Crippen molar-refractivity contribution in [1.82, 2.24) is 0 Å². The van der Waals surface area contributed by atoms with Gasteiger partial charge in [0.1, 0.15) is 17.2 Å². The Labute approximate surface area is 185 Å². The van der Waals surface area contributed by atoms with E-state index in [-0.39, 0.29) is 11.1 Å². The van der Waals surface area contributed by atoms with E-state index >= 15 is 0 Å². The molecule has 0 spiro atoms. The second-order valence-corrected chi connectivity index (χ2v) is 6.98. The van der Waals surface area contributed by atoms with Crippen LogP contribution < -0.4 is 19.1 Å². The van der Waals surface area contributed by atoms with E-state index in [1.807, 2.05) is 0 Å². The van der Waals surface area contributed by atoms with Gasteiger partial charge >= 0.3 is 5.97 Å². The zero-order valence-electron chi connectivity index (χ0n) is 17.8. The molecule has 0 atom stereocenters. The molecule has 7 nitrogen and oxygen atoms in total. The number of hydrogen-bond donors (Lipinski definition) is 0. The maximum atomic E-state index is 13.4. The summed E-state index contributed by atoms with van der Waals surface area (Å²) in [5.74, 6) is 0.563. The summed E-state index contributed by atoms with van der Waals surface area (Å²) < 4.78 is 20.8. The topological polar surface area (TPSA) is 74.3 Å². The average molecular weight is 444 g/mol. The average Bonchev–Trinajstić information content (AvgIpc) is 3.02. The Balaban J connectivity index is 2.15. The molecule has 1 amide bonds. The van der Waals surface area contributed by atoms with Crippen molar-refractivity contribution < 1.29 is 28.5 Å². The number of anilines is 1. The number of rotatable bonds is 6. The third-order valence-corrected chi connectivity index (χ3v) is 5.22. The van der Waals surface area contributed by atoms with Crippen LogP contribution in [-0.2, 0) is 14.3 Å². The highest BCUT2D eigenvalue weighted by Gasteiger charge is 2.38. The Morgan fingerprint density at radius 2 is 1.68 bits per heavy atom. The molecule has 0 aliphatic carbocycles. The number of esters is 1. The molecule has 3 rings (SSSR count). The van der Waals surface area contributed by atoms with E-state index in [1.165, 1.54) is 26.2 Å². The fourth-order valence-corrected chi connectivity index (χ4v) is 3.63. The van der Waals surface area contributed by atoms with Crippen LogP contribution in [0.3, 0.4) is 0 Å². The van der Waals surface area contributed by atoms with E-state index in [2.05, 4.69) is 0 Å². The van der Waals surface area contributed by atoms with Gasteiger partial charge in [0.25, 0.3) is 5.91 Å². The van der Waals surface area contributed by atoms with Gasteiger partial charge in [-0.25, -0.2) is 4.79 Å². The maximum absolute atomic E-state index is 13.4. The number of carbonyl (C=O) groups excluding carboxylic acids is 2. The number of amides is 1. The highest BCUT2D eigenvalue weighted by Crippen LogP contribution is 2.39. The minimum Gasteiger partial charge on any atom is -0.497 e. The molecule has 0 saturated carbocycles. The molecule has 0 saturated heterocycles. The van der Waals surface area contributed by atoms with Crippen LogP contribution in [0.25, 0.3) is 6.08 Å². The zero-order chi connectivity index (χ0) is 22.7. The zero-order valence-corrected chi connectivity index (χ0v) is 18.6. The first-order valence-electron chi connectivity index (χ1n) is 9.27. The Morgan fingerprint density at radius 1 is 0.968 bits per heavy atom. The van der Waals surface area contributed by atoms with E-state index in [9.17, 15) is 9.59 Å². The van der Waals surface area contributed by atoms with Crippen molar-refractivity contribution in [3.63, 3.8) is 0 Å². The van der Waals surface area contributed by atoms with Crippen LogP contribution in [0.4, 0.5) is 5.69 Å². The maximum Gasteiger partial charge on any atom is 0.340 e. The van der Waals surface area contributed by atoms with Gasteiger partial charge in [-0.2, -0.15) is 0 Å². The van der Waals surface area contributed by atoms with E-state index in [4.69, 9.17) is 30.5 Å². The van der Waals surface area contributed by atoms with Crippen molar-refractivity contribution in [3.05, 3.63) is 63.8 Å². The Morgan fingerprint density at radius 3 is 2.26 bits per heavy atom. The molecule has 1 aliphatic heterocycles. The molecule has 0 radical (unpaired) electrons. The largest absolute Gasteiger partial charge is 0.497 e. The van der Waals surface area contributed by atoms with Gasteiger partial charge < -0.3 is 18.9 Å². The van der Waals surface area contributed by atoms with E-state index in [0.717, 1.165) is 0 Å². The lowest BCUT2D eigenvalue weighted by Gasteiger charge is -2.19. The van der Waals surface area contributed by atoms with Gasteiger partial charge in [-0.15, -0.1) is 0 Å². The van der Waals surface area contributed by atoms with Gasteiger partial charge in [-0.05, 0) is 43.3 Å². The number of carbonyl (C=O) groups is 2. The number of halogens is 1. The van der Waals surface area contributed by atoms with Crippen molar-refractivity contribution >= 4 is 35.2 Å². The standard InChI is InChI=1S/C23H22ClNO6/c1-13-21(23(27)31-5)17(10-14-6-8-16(28-2)12-20(14)30-4)22(26)25(13)15-7-9-19(29-3)18(24)11-15/h6-12H,1-5H3/b17-10-. The van der Waals surface area contributed by atoms with Crippen molar-refractivity contribution in [1.29, 1.82) is 0 Å². The lowest BCUT2D eigenvalue weighted by Crippen LogP contribution is -2.24. The number of benzene rings is 2. The highest BCUT2D eigenvalue weighted by molar-refractivity contribution is 6.32. The van der Waals surface area contributed by atoms with Crippen LogP contribution in [0.1, 0.15) is 12.5 Å². The number of allylic oxidation sites excluding steroid dienone is 1. The quantitative estimate of drug-likeness (QED) is 0.491. The van der Waals surface area contributed by atoms with Crippen LogP contribution in [0.15, 0.2) is 53.2 Å². The normalized spacial score (nSPS) is 14.8. The Bertz CT molecular complexity index is 1110. The predicted octanol–water partition coefficient (Wildman–Crippen LogP) is 4.24. The highest BCUT2D eigenvalue weighted by atomic mass is 35.5. The molecule has 162 valence electrons. The van der Waals surface area contributed by atoms with Crippen molar-refractivity contribution in [3.8, 4) is 17.2 Å². The van der Waals surface area contributed by atoms with Crippen molar-refractivity contribution in [2.45, 2.75) is 6.92 Å². The molecule has 0 unspecified atom stereocenters. The van der Waals surface area contributed by atoms with Gasteiger partial charge in [0.15, 0.2) is 0 Å². The molecule has 2 aromatic carbocycles. The van der Waals surface area contributed by atoms with Crippen LogP contribution in [0, 0.1) is 0 Å². The molecule has 2 aromatic rings. The molecule has 1 heterocycles. The van der Waals surface area contributed by atoms with E-state index in [1.54, 1.807) is 56.5 Å². The third kappa shape index (κ3) is 4.09. The minimum absolute atomic E-state index is 0.164. The smallest absolute Gasteiger partial charge is 0.340 e. The van der Waals surface area contributed by atoms with Crippen LogP contribution >= 0.6 is 11.6 Å². The molecule has 0 fully saturated rings. The van der Waals surface area contributed by atoms with Crippen molar-refractivity contribution in [2.75, 3.05) is 33.3 Å². The molecule has 0 N–H and O–H groups in total. The van der Waals surface area contributed by atoms with Gasteiger partial charge in [0.2, 0.25) is 0 Å². The first-order chi connectivity index (χ1) is 14.9. The van der Waals surface area contributed by atoms with Crippen LogP contribution in [0.5, 0.6) is 17.2 Å². The van der Waals surface area contributed by atoms with E-state index in [0.29, 0.717) is 39.2 Å². The molecular formula is C23H22ClNO6. The molecule has 31 heavy (non-hydrogen) atoms. The molecular weight excluding hydrogens is 422 g/mol. The van der Waals surface area contributed by atoms with Gasteiger partial charge in [-0.3, -0.25) is 9.69 Å². The van der Waals surface area contributed by atoms with Gasteiger partial charge in [0, 0.05) is 17.3 Å². The predicted molar refractivity (Wildman–Crippen MR) is 118 cm³/mol. The minimum atomic E-state index is -0.619. The summed E-state index contributed by atoms with van der Waals surface area (Å²) in [6, 6.07) is 10.1. The summed E-state index contributed by atoms with van der Waals surface area (Å²) in [6.45, 7) is 1.67. The SMILES string of the molecule is COC(=O)C1=C(C)N(c2ccc(OC)c(Cl)c2)C(=O)/C1=C\c1ccc(OC)cc1OC. The second kappa shape index (κ2) is 9.14. The summed E-state index contributed by atoms with van der Waals surface area (Å²) in [6.07, 6.45) is 1.60. The summed E-state index contributed by atoms with van der Waals surface area (Å²) in [4.78, 5) is 27.4. The number of methoxy groups -OCH3 is 4. The number of hydrogen-bond acceptors (Lipinski definition) is 6. The summed E-state index contributed by atoms with van der Waals surface area (Å²) in [5.41, 5.74) is 1.88. The summed E-state index contributed by atoms with van der Waals surface area (Å²) in [5, 5.41) is 0.342. The second-order valence-electron chi connectivity index (χ2n) is 6.58. The van der Waals surface area contributed by atoms with E-state index < -0.39 is 11.9 Å². The fraction of sp³-hybridized carbons (Fsp3) is 0.217. The third-order valence-electron chi connectivity index (χ3n) is 4.92. The number of nitrogens with zero attached hydrogens (tertiary/aromatic N) is 1. The molecule has 0 bridgehead atoms. The fourth-order valence-electron chi connectivity index (χ4n) is 3.38. The van der Waals surface area contributed by atoms with Gasteiger partial charge in [0.05, 0.1) is 50.3 Å². The lowest BCUT2D eigenvalue weighted by atomic mass is 10.0.